The van der Waals surface area contributed by atoms with E-state index in [0.717, 1.165) is 48.6 Å². The summed E-state index contributed by atoms with van der Waals surface area (Å²) in [6, 6.07) is 6.56. The molecule has 1 aromatic carbocycles. The Kier molecular flexibility index (Phi) is 9.35. The molecule has 3 aromatic rings. The Morgan fingerprint density at radius 1 is 1.18 bits per heavy atom. The molecule has 0 spiro atoms. The number of carbonyl (C=O) groups excluding carboxylic acids is 3. The van der Waals surface area contributed by atoms with Crippen LogP contribution < -0.4 is 20.1 Å². The Bertz CT molecular complexity index is 1930. The van der Waals surface area contributed by atoms with Crippen molar-refractivity contribution in [3.8, 4) is 5.88 Å². The van der Waals surface area contributed by atoms with Gasteiger partial charge >= 0.3 is 0 Å². The first kappa shape index (κ1) is 34.4. The number of sulfonamides is 1. The summed E-state index contributed by atoms with van der Waals surface area (Å²) in [5.74, 6) is -1.80. The van der Waals surface area contributed by atoms with Gasteiger partial charge < -0.3 is 20.3 Å². The molecular formula is C36H44N6O6S2. The lowest BCUT2D eigenvalue weighted by atomic mass is 10.0. The average molecular weight is 721 g/mol. The van der Waals surface area contributed by atoms with Crippen LogP contribution in [0.25, 0.3) is 10.8 Å². The van der Waals surface area contributed by atoms with Crippen LogP contribution in [0.3, 0.4) is 0 Å². The second kappa shape index (κ2) is 13.6. The number of carbonyl (C=O) groups is 3. The van der Waals surface area contributed by atoms with Gasteiger partial charge in [-0.3, -0.25) is 19.1 Å². The van der Waals surface area contributed by atoms with Gasteiger partial charge in [0, 0.05) is 29.3 Å². The Morgan fingerprint density at radius 3 is 2.72 bits per heavy atom. The molecule has 12 nitrogen and oxygen atoms in total. The number of nitrogens with zero attached hydrogens (tertiary/aromatic N) is 3. The van der Waals surface area contributed by atoms with Crippen LogP contribution in [-0.4, -0.2) is 76.5 Å². The van der Waals surface area contributed by atoms with Crippen molar-refractivity contribution in [3.05, 3.63) is 59.8 Å². The third kappa shape index (κ3) is 6.96. The lowest BCUT2D eigenvalue weighted by molar-refractivity contribution is -0.140. The predicted molar refractivity (Wildman–Crippen MR) is 191 cm³/mol. The van der Waals surface area contributed by atoms with Crippen molar-refractivity contribution >= 4 is 55.0 Å². The van der Waals surface area contributed by atoms with Gasteiger partial charge in [-0.25, -0.2) is 18.4 Å². The van der Waals surface area contributed by atoms with Crippen LogP contribution in [0, 0.1) is 11.8 Å². The fraction of sp³-hybridized carbons (Fsp3) is 0.528. The molecule has 3 fully saturated rings. The maximum Gasteiger partial charge on any atom is 0.259 e. The minimum Gasteiger partial charge on any atom is -0.472 e. The lowest BCUT2D eigenvalue weighted by Crippen LogP contribution is -2.58. The van der Waals surface area contributed by atoms with Crippen LogP contribution in [0.1, 0.15) is 70.1 Å². The van der Waals surface area contributed by atoms with Crippen molar-refractivity contribution < 1.29 is 27.5 Å². The van der Waals surface area contributed by atoms with Crippen molar-refractivity contribution in [2.24, 2.45) is 11.8 Å². The molecule has 4 aliphatic rings. The second-order valence-electron chi connectivity index (χ2n) is 14.4. The van der Waals surface area contributed by atoms with Crippen LogP contribution >= 0.6 is 11.3 Å². The number of pyridine rings is 1. The quantitative estimate of drug-likeness (QED) is 0.306. The number of benzene rings is 1. The molecule has 2 aliphatic carbocycles. The first-order valence-corrected chi connectivity index (χ1v) is 20.0. The summed E-state index contributed by atoms with van der Waals surface area (Å²) < 4.78 is 34.1. The monoisotopic (exact) mass is 720 g/mol. The Morgan fingerprint density at radius 2 is 1.98 bits per heavy atom. The van der Waals surface area contributed by atoms with Crippen molar-refractivity contribution in [2.75, 3.05) is 11.9 Å². The summed E-state index contributed by atoms with van der Waals surface area (Å²) in [5.41, 5.74) is 0.689. The summed E-state index contributed by atoms with van der Waals surface area (Å²) in [7, 11) is -3.85. The summed E-state index contributed by atoms with van der Waals surface area (Å²) in [6.45, 7) is 7.79. The van der Waals surface area contributed by atoms with E-state index in [9.17, 15) is 22.8 Å². The smallest absolute Gasteiger partial charge is 0.259 e. The van der Waals surface area contributed by atoms with E-state index in [2.05, 4.69) is 45.1 Å². The third-order valence-electron chi connectivity index (χ3n) is 10.3. The van der Waals surface area contributed by atoms with Gasteiger partial charge in [0.1, 0.15) is 23.7 Å². The molecule has 5 atom stereocenters. The third-order valence-corrected chi connectivity index (χ3v) is 13.0. The molecule has 2 aliphatic heterocycles. The van der Waals surface area contributed by atoms with Crippen molar-refractivity contribution in [1.82, 2.24) is 24.9 Å². The summed E-state index contributed by atoms with van der Waals surface area (Å²) >= 11 is 1.46. The number of nitrogens with one attached hydrogen (secondary N) is 3. The standard InChI is InChI=1S/C36H44N6O6S2/c1-4-24-18-36(24,34(45)41-50(46,47)27-12-13-27)40-31(43)29-17-26-19-42(29)33(44)30(21(2)3)39-35-38-25(20-49-35)9-7-5-6-8-22-10-11-23-14-15-37-32(48-26)28(23)16-22/h4,10-11,14-16,20-21,24,26-27,29-30H,1,5-9,12-13,17-19H2,2-3H3,(H,38,39)(H,40,43)(H,41,45)/t24-,26?,29?,30?,36-/m1/s1. The van der Waals surface area contributed by atoms with Gasteiger partial charge in [-0.15, -0.1) is 17.9 Å². The van der Waals surface area contributed by atoms with Gasteiger partial charge in [0.25, 0.3) is 5.91 Å². The number of thiazole rings is 1. The van der Waals surface area contributed by atoms with E-state index in [-0.39, 0.29) is 31.2 Å². The number of anilines is 1. The number of rotatable bonds is 7. The van der Waals surface area contributed by atoms with E-state index >= 15 is 0 Å². The first-order chi connectivity index (χ1) is 24.0. The number of aryl methyl sites for hydroxylation is 2. The van der Waals surface area contributed by atoms with Gasteiger partial charge in [0.2, 0.25) is 27.7 Å². The summed E-state index contributed by atoms with van der Waals surface area (Å²) in [4.78, 5) is 53.0. The van der Waals surface area contributed by atoms with E-state index < -0.39 is 56.7 Å². The van der Waals surface area contributed by atoms with Gasteiger partial charge in [0.15, 0.2) is 5.13 Å². The van der Waals surface area contributed by atoms with E-state index in [0.29, 0.717) is 23.9 Å². The van der Waals surface area contributed by atoms with Gasteiger partial charge in [0.05, 0.1) is 17.5 Å². The van der Waals surface area contributed by atoms with Crippen molar-refractivity contribution in [1.29, 1.82) is 0 Å². The summed E-state index contributed by atoms with van der Waals surface area (Å²) in [5, 5.41) is 10.1. The maximum absolute atomic E-state index is 14.5. The Balaban J connectivity index is 1.21. The molecule has 266 valence electrons. The molecule has 3 unspecified atom stereocenters. The van der Waals surface area contributed by atoms with E-state index in [1.165, 1.54) is 21.8 Å². The lowest BCUT2D eigenvalue weighted by Gasteiger charge is -2.31. The van der Waals surface area contributed by atoms with E-state index in [4.69, 9.17) is 9.72 Å². The largest absolute Gasteiger partial charge is 0.472 e. The molecule has 1 saturated heterocycles. The molecule has 3 amide bonds. The molecule has 7 rings (SSSR count). The number of ether oxygens (including phenoxy) is 1. The zero-order chi connectivity index (χ0) is 35.2. The van der Waals surface area contributed by atoms with Gasteiger partial charge in [-0.2, -0.15) is 0 Å². The first-order valence-electron chi connectivity index (χ1n) is 17.5. The number of amides is 3. The number of hydrogen-bond acceptors (Lipinski definition) is 10. The highest BCUT2D eigenvalue weighted by molar-refractivity contribution is 7.91. The highest BCUT2D eigenvalue weighted by Gasteiger charge is 2.62. The Labute approximate surface area is 296 Å². The SMILES string of the molecule is C=C[C@@H]1C[C@]1(NC(=O)C1CC2CN1C(=O)C(C(C)C)Nc1nc(cs1)CCCCCc1ccc3ccnc(c3c1)O2)C(=O)NS(=O)(=O)C1CC1. The topological polar surface area (TPSA) is 160 Å². The molecule has 6 bridgehead atoms. The summed E-state index contributed by atoms with van der Waals surface area (Å²) in [6.07, 6.45) is 8.88. The number of fused-ring (bicyclic) bond motifs is 5. The molecular weight excluding hydrogens is 677 g/mol. The Hall–Kier alpha value is -4.04. The van der Waals surface area contributed by atoms with Crippen LogP contribution in [-0.2, 0) is 37.2 Å². The number of aromatic nitrogens is 2. The highest BCUT2D eigenvalue weighted by Crippen LogP contribution is 2.45. The van der Waals surface area contributed by atoms with Gasteiger partial charge in [-0.1, -0.05) is 38.5 Å². The van der Waals surface area contributed by atoms with Crippen LogP contribution in [0.5, 0.6) is 5.88 Å². The predicted octanol–water partition coefficient (Wildman–Crippen LogP) is 4.11. The molecule has 2 aromatic heterocycles. The molecule has 0 radical (unpaired) electrons. The second-order valence-corrected chi connectivity index (χ2v) is 17.2. The molecule has 50 heavy (non-hydrogen) atoms. The van der Waals surface area contributed by atoms with E-state index in [1.54, 1.807) is 12.3 Å². The fourth-order valence-electron chi connectivity index (χ4n) is 7.12. The zero-order valence-corrected chi connectivity index (χ0v) is 30.0. The molecule has 4 heterocycles. The van der Waals surface area contributed by atoms with Gasteiger partial charge in [-0.05, 0) is 73.9 Å². The minimum atomic E-state index is -3.85. The van der Waals surface area contributed by atoms with E-state index in [1.807, 2.05) is 25.3 Å². The zero-order valence-electron chi connectivity index (χ0n) is 28.4. The minimum absolute atomic E-state index is 0.114. The van der Waals surface area contributed by atoms with Crippen molar-refractivity contribution in [2.45, 2.75) is 101 Å². The van der Waals surface area contributed by atoms with Crippen molar-refractivity contribution in [3.63, 3.8) is 0 Å². The number of hydrogen-bond donors (Lipinski definition) is 3. The maximum atomic E-state index is 14.5. The van der Waals surface area contributed by atoms with Crippen LogP contribution in [0.15, 0.2) is 48.5 Å². The van der Waals surface area contributed by atoms with Crippen LogP contribution in [0.2, 0.25) is 0 Å². The van der Waals surface area contributed by atoms with Crippen LogP contribution in [0.4, 0.5) is 5.13 Å². The molecule has 3 N–H and O–H groups in total. The normalized spacial score (nSPS) is 27.1. The molecule has 2 saturated carbocycles. The highest BCUT2D eigenvalue weighted by atomic mass is 32.2. The average Bonchev–Trinajstić information content (AvgIpc) is 3.98. The fourth-order valence-corrected chi connectivity index (χ4v) is 9.26. The molecule has 14 heteroatoms.